The van der Waals surface area contributed by atoms with E-state index in [1.54, 1.807) is 22.9 Å². The fraction of sp³-hybridized carbons (Fsp3) is 0.647. The first-order valence-electron chi connectivity index (χ1n) is 8.41. The second-order valence-corrected chi connectivity index (χ2v) is 5.97. The number of aryl methyl sites for hydroxylation is 1. The van der Waals surface area contributed by atoms with Gasteiger partial charge in [-0.2, -0.15) is 0 Å². The van der Waals surface area contributed by atoms with Gasteiger partial charge in [-0.15, -0.1) is 12.4 Å². The molecule has 0 radical (unpaired) electrons. The lowest BCUT2D eigenvalue weighted by molar-refractivity contribution is -0.121. The molecule has 5 nitrogen and oxygen atoms in total. The van der Waals surface area contributed by atoms with E-state index in [4.69, 9.17) is 0 Å². The van der Waals surface area contributed by atoms with E-state index < -0.39 is 0 Å². The van der Waals surface area contributed by atoms with Crippen LogP contribution in [0.15, 0.2) is 29.2 Å². The van der Waals surface area contributed by atoms with Gasteiger partial charge in [0.15, 0.2) is 0 Å². The summed E-state index contributed by atoms with van der Waals surface area (Å²) >= 11 is 0. The summed E-state index contributed by atoms with van der Waals surface area (Å²) in [6, 6.07) is 5.63. The molecule has 0 aliphatic heterocycles. The van der Waals surface area contributed by atoms with E-state index in [2.05, 4.69) is 10.6 Å². The molecule has 23 heavy (non-hydrogen) atoms. The summed E-state index contributed by atoms with van der Waals surface area (Å²) in [6.07, 6.45) is 9.90. The number of carbonyl (C=O) groups excluding carboxylic acids is 1. The molecule has 1 saturated carbocycles. The Hall–Kier alpha value is -1.33. The number of carbonyl (C=O) groups is 1. The second kappa shape index (κ2) is 11.2. The lowest BCUT2D eigenvalue weighted by atomic mass is 10.1. The number of pyridine rings is 1. The minimum Gasteiger partial charge on any atom is -0.355 e. The van der Waals surface area contributed by atoms with Crippen LogP contribution in [0.25, 0.3) is 0 Å². The van der Waals surface area contributed by atoms with E-state index in [-0.39, 0.29) is 23.9 Å². The number of aromatic nitrogens is 1. The van der Waals surface area contributed by atoms with Crippen LogP contribution in [0.4, 0.5) is 0 Å². The first kappa shape index (κ1) is 19.7. The van der Waals surface area contributed by atoms with Crippen molar-refractivity contribution in [1.82, 2.24) is 15.2 Å². The monoisotopic (exact) mass is 341 g/mol. The van der Waals surface area contributed by atoms with Crippen molar-refractivity contribution in [3.8, 4) is 0 Å². The van der Waals surface area contributed by atoms with Gasteiger partial charge in [0.2, 0.25) is 5.91 Å². The van der Waals surface area contributed by atoms with Crippen LogP contribution in [-0.2, 0) is 11.3 Å². The van der Waals surface area contributed by atoms with Gasteiger partial charge in [-0.3, -0.25) is 9.59 Å². The first-order chi connectivity index (χ1) is 10.8. The fourth-order valence-corrected chi connectivity index (χ4v) is 2.92. The predicted molar refractivity (Wildman–Crippen MR) is 95.1 cm³/mol. The molecule has 0 spiro atoms. The van der Waals surface area contributed by atoms with E-state index in [1.165, 1.54) is 44.6 Å². The predicted octanol–water partition coefficient (Wildman–Crippen LogP) is 2.09. The highest BCUT2D eigenvalue weighted by Gasteiger charge is 2.11. The van der Waals surface area contributed by atoms with Crippen LogP contribution in [-0.4, -0.2) is 29.6 Å². The van der Waals surface area contributed by atoms with Gasteiger partial charge < -0.3 is 15.2 Å². The maximum Gasteiger partial charge on any atom is 0.250 e. The van der Waals surface area contributed by atoms with Crippen LogP contribution in [0.5, 0.6) is 0 Å². The lowest BCUT2D eigenvalue weighted by Gasteiger charge is -2.16. The van der Waals surface area contributed by atoms with Crippen molar-refractivity contribution in [2.45, 2.75) is 57.5 Å². The SMILES string of the molecule is Cl.O=C(CCn1ccccc1=O)NCCNC1CCCCCC1. The van der Waals surface area contributed by atoms with Crippen molar-refractivity contribution in [1.29, 1.82) is 0 Å². The minimum absolute atomic E-state index is 0. The summed E-state index contributed by atoms with van der Waals surface area (Å²) in [6.45, 7) is 1.91. The average molecular weight is 342 g/mol. The third-order valence-electron chi connectivity index (χ3n) is 4.21. The van der Waals surface area contributed by atoms with Crippen LogP contribution in [0.1, 0.15) is 44.9 Å². The Morgan fingerprint density at radius 3 is 2.57 bits per heavy atom. The van der Waals surface area contributed by atoms with Crippen molar-refractivity contribution in [3.05, 3.63) is 34.7 Å². The van der Waals surface area contributed by atoms with Crippen molar-refractivity contribution in [3.63, 3.8) is 0 Å². The Morgan fingerprint density at radius 1 is 1.13 bits per heavy atom. The number of amides is 1. The average Bonchev–Trinajstić information content (AvgIpc) is 2.79. The molecule has 2 rings (SSSR count). The third-order valence-corrected chi connectivity index (χ3v) is 4.21. The number of rotatable bonds is 7. The van der Waals surface area contributed by atoms with E-state index in [0.717, 1.165) is 6.54 Å². The zero-order valence-corrected chi connectivity index (χ0v) is 14.4. The number of hydrogen-bond acceptors (Lipinski definition) is 3. The number of hydrogen-bond donors (Lipinski definition) is 2. The van der Waals surface area contributed by atoms with Crippen LogP contribution < -0.4 is 16.2 Å². The van der Waals surface area contributed by atoms with Gasteiger partial charge in [0.05, 0.1) is 0 Å². The van der Waals surface area contributed by atoms with Gasteiger partial charge in [-0.05, 0) is 18.9 Å². The van der Waals surface area contributed by atoms with Crippen LogP contribution in [0, 0.1) is 0 Å². The van der Waals surface area contributed by atoms with Crippen LogP contribution in [0.3, 0.4) is 0 Å². The molecule has 1 aliphatic carbocycles. The topological polar surface area (TPSA) is 63.1 Å². The lowest BCUT2D eigenvalue weighted by Crippen LogP contribution is -2.37. The minimum atomic E-state index is -0.0645. The smallest absolute Gasteiger partial charge is 0.250 e. The molecule has 0 unspecified atom stereocenters. The van der Waals surface area contributed by atoms with Gasteiger partial charge in [-0.25, -0.2) is 0 Å². The zero-order valence-electron chi connectivity index (χ0n) is 13.6. The van der Waals surface area contributed by atoms with E-state index in [1.807, 2.05) is 0 Å². The number of nitrogens with zero attached hydrogens (tertiary/aromatic N) is 1. The summed E-state index contributed by atoms with van der Waals surface area (Å²) < 4.78 is 1.56. The Labute approximate surface area is 144 Å². The molecule has 1 fully saturated rings. The van der Waals surface area contributed by atoms with Gasteiger partial charge in [0, 0.05) is 44.4 Å². The molecule has 1 amide bonds. The fourth-order valence-electron chi connectivity index (χ4n) is 2.92. The van der Waals surface area contributed by atoms with E-state index in [0.29, 0.717) is 25.6 Å². The molecule has 1 aliphatic rings. The zero-order chi connectivity index (χ0) is 15.6. The third kappa shape index (κ3) is 7.66. The highest BCUT2D eigenvalue weighted by molar-refractivity contribution is 5.85. The van der Waals surface area contributed by atoms with Crippen molar-refractivity contribution in [2.75, 3.05) is 13.1 Å². The molecule has 2 N–H and O–H groups in total. The summed E-state index contributed by atoms with van der Waals surface area (Å²) in [4.78, 5) is 23.3. The molecule has 130 valence electrons. The van der Waals surface area contributed by atoms with Gasteiger partial charge in [-0.1, -0.05) is 31.7 Å². The van der Waals surface area contributed by atoms with Gasteiger partial charge in [0.25, 0.3) is 5.56 Å². The Morgan fingerprint density at radius 2 is 1.87 bits per heavy atom. The maximum absolute atomic E-state index is 11.8. The standard InChI is InChI=1S/C17H27N3O2.ClH/c21-16(10-14-20-13-6-5-9-17(20)22)19-12-11-18-15-7-3-1-2-4-8-15;/h5-6,9,13,15,18H,1-4,7-8,10-12,14H2,(H,19,21);1H. The Bertz CT molecular complexity index is 511. The largest absolute Gasteiger partial charge is 0.355 e. The molecule has 1 heterocycles. The number of halogens is 1. The molecule has 0 aromatic carbocycles. The molecular weight excluding hydrogens is 314 g/mol. The van der Waals surface area contributed by atoms with Crippen LogP contribution >= 0.6 is 12.4 Å². The highest BCUT2D eigenvalue weighted by Crippen LogP contribution is 2.16. The van der Waals surface area contributed by atoms with Crippen molar-refractivity contribution < 1.29 is 4.79 Å². The Kier molecular flexibility index (Phi) is 9.64. The Balaban J connectivity index is 0.00000264. The second-order valence-electron chi connectivity index (χ2n) is 5.97. The van der Waals surface area contributed by atoms with E-state index in [9.17, 15) is 9.59 Å². The molecule has 1 aromatic rings. The molecule has 1 aromatic heterocycles. The van der Waals surface area contributed by atoms with Crippen LogP contribution in [0.2, 0.25) is 0 Å². The number of nitrogens with one attached hydrogen (secondary N) is 2. The molecule has 6 heteroatoms. The van der Waals surface area contributed by atoms with Crippen molar-refractivity contribution in [2.24, 2.45) is 0 Å². The van der Waals surface area contributed by atoms with E-state index >= 15 is 0 Å². The van der Waals surface area contributed by atoms with Gasteiger partial charge >= 0.3 is 0 Å². The summed E-state index contributed by atoms with van der Waals surface area (Å²) in [7, 11) is 0. The first-order valence-corrected chi connectivity index (χ1v) is 8.41. The summed E-state index contributed by atoms with van der Waals surface area (Å²) in [5, 5.41) is 6.44. The molecular formula is C17H28ClN3O2. The quantitative estimate of drug-likeness (QED) is 0.589. The molecule has 0 atom stereocenters. The van der Waals surface area contributed by atoms with Crippen molar-refractivity contribution >= 4 is 18.3 Å². The maximum atomic E-state index is 11.8. The normalized spacial score (nSPS) is 15.5. The summed E-state index contributed by atoms with van der Waals surface area (Å²) in [5.74, 6) is -0.00146. The summed E-state index contributed by atoms with van der Waals surface area (Å²) in [5.41, 5.74) is -0.0645. The molecule has 0 bridgehead atoms. The highest BCUT2D eigenvalue weighted by atomic mass is 35.5. The molecule has 0 saturated heterocycles. The van der Waals surface area contributed by atoms with Gasteiger partial charge in [0.1, 0.15) is 0 Å².